The molecule has 72 valence electrons. The van der Waals surface area contributed by atoms with Crippen LogP contribution in [0.25, 0.3) is 0 Å². The number of nitrogen functional groups attached to an aromatic ring is 1. The van der Waals surface area contributed by atoms with Gasteiger partial charge in [-0.25, -0.2) is 0 Å². The lowest BCUT2D eigenvalue weighted by Crippen LogP contribution is -1.97. The van der Waals surface area contributed by atoms with Crippen LogP contribution in [0.4, 0.5) is 5.69 Å². The van der Waals surface area contributed by atoms with Gasteiger partial charge in [0.25, 0.3) is 5.24 Å². The maximum Gasteiger partial charge on any atom is 0.252 e. The summed E-state index contributed by atoms with van der Waals surface area (Å²) in [6, 6.07) is 6.84. The van der Waals surface area contributed by atoms with Crippen molar-refractivity contribution < 1.29 is 4.79 Å². The summed E-state index contributed by atoms with van der Waals surface area (Å²) in [6.07, 6.45) is 0.921. The van der Waals surface area contributed by atoms with Crippen LogP contribution in [0.5, 0.6) is 0 Å². The van der Waals surface area contributed by atoms with Crippen molar-refractivity contribution in [1.82, 2.24) is 0 Å². The van der Waals surface area contributed by atoms with Gasteiger partial charge < -0.3 is 5.73 Å². The van der Waals surface area contributed by atoms with Crippen molar-refractivity contribution in [3.05, 3.63) is 29.3 Å². The molecular formula is C10H9ClN2O. The Labute approximate surface area is 87.1 Å². The smallest absolute Gasteiger partial charge is 0.252 e. The highest BCUT2D eigenvalue weighted by atomic mass is 35.5. The monoisotopic (exact) mass is 208 g/mol. The highest BCUT2D eigenvalue weighted by Crippen LogP contribution is 2.17. The molecule has 0 saturated heterocycles. The summed E-state index contributed by atoms with van der Waals surface area (Å²) in [5.74, 6) is 0. The van der Waals surface area contributed by atoms with Gasteiger partial charge in [-0.1, -0.05) is 0 Å². The van der Waals surface area contributed by atoms with Crippen LogP contribution in [0, 0.1) is 11.3 Å². The molecule has 0 fully saturated rings. The van der Waals surface area contributed by atoms with E-state index in [1.165, 1.54) is 0 Å². The quantitative estimate of drug-likeness (QED) is 0.611. The summed E-state index contributed by atoms with van der Waals surface area (Å²) in [5, 5.41) is 7.90. The second-order valence-electron chi connectivity index (χ2n) is 2.85. The van der Waals surface area contributed by atoms with Gasteiger partial charge in [-0.15, -0.1) is 0 Å². The molecule has 14 heavy (non-hydrogen) atoms. The third kappa shape index (κ3) is 2.48. The molecule has 0 atom stereocenters. The summed E-state index contributed by atoms with van der Waals surface area (Å²) in [5.41, 5.74) is 7.45. The van der Waals surface area contributed by atoms with E-state index < -0.39 is 5.24 Å². The number of hydrogen-bond acceptors (Lipinski definition) is 3. The average molecular weight is 209 g/mol. The normalized spacial score (nSPS) is 9.43. The van der Waals surface area contributed by atoms with Crippen molar-refractivity contribution in [1.29, 1.82) is 5.26 Å². The Morgan fingerprint density at radius 2 is 2.29 bits per heavy atom. The summed E-state index contributed by atoms with van der Waals surface area (Å²) in [4.78, 5) is 10.8. The van der Waals surface area contributed by atoms with E-state index in [-0.39, 0.29) is 0 Å². The minimum atomic E-state index is -0.511. The van der Waals surface area contributed by atoms with Crippen molar-refractivity contribution in [3.63, 3.8) is 0 Å². The largest absolute Gasteiger partial charge is 0.399 e. The minimum Gasteiger partial charge on any atom is -0.399 e. The van der Waals surface area contributed by atoms with Crippen LogP contribution in [-0.2, 0) is 6.42 Å². The maximum absolute atomic E-state index is 10.8. The predicted molar refractivity (Wildman–Crippen MR) is 55.0 cm³/mol. The fraction of sp³-hybridized carbons (Fsp3) is 0.200. The van der Waals surface area contributed by atoms with E-state index >= 15 is 0 Å². The highest BCUT2D eigenvalue weighted by Gasteiger charge is 2.05. The van der Waals surface area contributed by atoms with Crippen molar-refractivity contribution in [2.45, 2.75) is 12.8 Å². The van der Waals surface area contributed by atoms with Crippen molar-refractivity contribution >= 4 is 22.5 Å². The molecule has 3 nitrogen and oxygen atoms in total. The Hall–Kier alpha value is -1.53. The molecule has 1 aromatic rings. The van der Waals surface area contributed by atoms with Gasteiger partial charge in [-0.05, 0) is 41.8 Å². The lowest BCUT2D eigenvalue weighted by molar-refractivity contribution is 0.108. The van der Waals surface area contributed by atoms with E-state index in [1.807, 2.05) is 6.07 Å². The van der Waals surface area contributed by atoms with E-state index in [9.17, 15) is 4.79 Å². The molecule has 4 heteroatoms. The Kier molecular flexibility index (Phi) is 3.49. The zero-order chi connectivity index (χ0) is 10.6. The standard InChI is InChI=1S/C10H9ClN2O/c11-10(14)8-3-4-9(13)7(6-8)2-1-5-12/h3-4,6H,1-2,13H2. The average Bonchev–Trinajstić information content (AvgIpc) is 2.16. The molecule has 0 unspecified atom stereocenters. The number of carbonyl (C=O) groups excluding carboxylic acids is 1. The van der Waals surface area contributed by atoms with E-state index in [1.54, 1.807) is 18.2 Å². The van der Waals surface area contributed by atoms with Gasteiger partial charge in [-0.3, -0.25) is 4.79 Å². The summed E-state index contributed by atoms with van der Waals surface area (Å²) < 4.78 is 0. The molecule has 0 spiro atoms. The number of hydrogen-bond donors (Lipinski definition) is 1. The number of rotatable bonds is 3. The summed E-state index contributed by atoms with van der Waals surface area (Å²) >= 11 is 5.32. The van der Waals surface area contributed by atoms with E-state index in [0.717, 1.165) is 5.56 Å². The molecule has 1 rings (SSSR count). The second kappa shape index (κ2) is 4.64. The topological polar surface area (TPSA) is 66.9 Å². The van der Waals surface area contributed by atoms with Gasteiger partial charge in [0, 0.05) is 17.7 Å². The number of nitrogens with two attached hydrogens (primary N) is 1. The molecule has 0 heterocycles. The number of anilines is 1. The summed E-state index contributed by atoms with van der Waals surface area (Å²) in [6.45, 7) is 0. The molecule has 0 saturated carbocycles. The minimum absolute atomic E-state index is 0.379. The van der Waals surface area contributed by atoms with Crippen LogP contribution in [0.15, 0.2) is 18.2 Å². The van der Waals surface area contributed by atoms with Gasteiger partial charge in [0.1, 0.15) is 0 Å². The molecule has 0 bridgehead atoms. The molecule has 0 amide bonds. The number of nitriles is 1. The zero-order valence-corrected chi connectivity index (χ0v) is 8.21. The van der Waals surface area contributed by atoms with Crippen molar-refractivity contribution in [2.24, 2.45) is 0 Å². The highest BCUT2D eigenvalue weighted by molar-refractivity contribution is 6.67. The molecular weight excluding hydrogens is 200 g/mol. The van der Waals surface area contributed by atoms with Crippen LogP contribution in [0.3, 0.4) is 0 Å². The molecule has 2 N–H and O–H groups in total. The molecule has 0 aliphatic carbocycles. The van der Waals surface area contributed by atoms with Gasteiger partial charge in [0.05, 0.1) is 6.07 Å². The summed E-state index contributed by atoms with van der Waals surface area (Å²) in [7, 11) is 0. The Morgan fingerprint density at radius 3 is 2.86 bits per heavy atom. The third-order valence-electron chi connectivity index (χ3n) is 1.88. The molecule has 0 aliphatic rings. The van der Waals surface area contributed by atoms with E-state index in [4.69, 9.17) is 22.6 Å². The fourth-order valence-corrected chi connectivity index (χ4v) is 1.25. The number of benzene rings is 1. The maximum atomic E-state index is 10.8. The van der Waals surface area contributed by atoms with E-state index in [2.05, 4.69) is 0 Å². The number of carbonyl (C=O) groups is 1. The van der Waals surface area contributed by atoms with Crippen LogP contribution in [0.2, 0.25) is 0 Å². The van der Waals surface area contributed by atoms with Gasteiger partial charge in [0.2, 0.25) is 0 Å². The number of halogens is 1. The van der Waals surface area contributed by atoms with Crippen LogP contribution in [-0.4, -0.2) is 5.24 Å². The molecule has 0 radical (unpaired) electrons. The Morgan fingerprint density at radius 1 is 1.57 bits per heavy atom. The van der Waals surface area contributed by atoms with Crippen molar-refractivity contribution in [2.75, 3.05) is 5.73 Å². The SMILES string of the molecule is N#CCCc1cc(C(=O)Cl)ccc1N. The van der Waals surface area contributed by atoms with Gasteiger partial charge in [-0.2, -0.15) is 5.26 Å². The Balaban J connectivity index is 2.97. The first-order valence-electron chi connectivity index (χ1n) is 4.10. The van der Waals surface area contributed by atoms with Crippen LogP contribution in [0.1, 0.15) is 22.3 Å². The predicted octanol–water partition coefficient (Wildman–Crippen LogP) is 2.10. The van der Waals surface area contributed by atoms with Gasteiger partial charge >= 0.3 is 0 Å². The molecule has 1 aromatic carbocycles. The van der Waals surface area contributed by atoms with Crippen LogP contribution < -0.4 is 5.73 Å². The van der Waals surface area contributed by atoms with Gasteiger partial charge in [0.15, 0.2) is 0 Å². The Bertz CT molecular complexity index is 396. The number of nitrogens with zero attached hydrogens (tertiary/aromatic N) is 1. The van der Waals surface area contributed by atoms with Crippen molar-refractivity contribution in [3.8, 4) is 6.07 Å². The first-order chi connectivity index (χ1) is 6.65. The lowest BCUT2D eigenvalue weighted by Gasteiger charge is -2.04. The molecule has 0 aromatic heterocycles. The van der Waals surface area contributed by atoms with Crippen LogP contribution >= 0.6 is 11.6 Å². The first kappa shape index (κ1) is 10.6. The second-order valence-corrected chi connectivity index (χ2v) is 3.19. The third-order valence-corrected chi connectivity index (χ3v) is 2.09. The number of aryl methyl sites for hydroxylation is 1. The lowest BCUT2D eigenvalue weighted by atomic mass is 10.1. The van der Waals surface area contributed by atoms with E-state index in [0.29, 0.717) is 24.1 Å². The fourth-order valence-electron chi connectivity index (χ4n) is 1.14. The first-order valence-corrected chi connectivity index (χ1v) is 4.48. The molecule has 0 aliphatic heterocycles. The zero-order valence-electron chi connectivity index (χ0n) is 7.46.